The SMILES string of the molecule is COC(=O)CC(SCCNC(=O)CCNC(=O)C(O)C(C)(C)COC(C)=O)C(=O)OC. The Morgan fingerprint density at radius 1 is 1.03 bits per heavy atom. The van der Waals surface area contributed by atoms with E-state index in [9.17, 15) is 29.1 Å². The molecule has 2 atom stereocenters. The Balaban J connectivity index is 4.23. The molecule has 0 aromatic carbocycles. The third-order valence-electron chi connectivity index (χ3n) is 4.07. The first kappa shape index (κ1) is 28.7. The number of rotatable bonds is 14. The fraction of sp³-hybridized carbons (Fsp3) is 0.737. The van der Waals surface area contributed by atoms with Crippen LogP contribution in [-0.2, 0) is 38.2 Å². The van der Waals surface area contributed by atoms with E-state index in [2.05, 4.69) is 20.1 Å². The average molecular weight is 465 g/mol. The van der Waals surface area contributed by atoms with Crippen LogP contribution in [0.15, 0.2) is 0 Å². The van der Waals surface area contributed by atoms with E-state index in [4.69, 9.17) is 4.74 Å². The molecule has 0 aliphatic carbocycles. The lowest BCUT2D eigenvalue weighted by Crippen LogP contribution is -2.46. The number of methoxy groups -OCH3 is 2. The Morgan fingerprint density at radius 2 is 1.68 bits per heavy atom. The number of nitrogens with one attached hydrogen (secondary N) is 2. The molecule has 0 fully saturated rings. The molecule has 0 saturated heterocycles. The predicted octanol–water partition coefficient (Wildman–Crippen LogP) is -0.603. The molecule has 0 spiro atoms. The number of aliphatic hydroxyl groups excluding tert-OH is 1. The van der Waals surface area contributed by atoms with E-state index in [-0.39, 0.29) is 38.4 Å². The molecule has 3 N–H and O–H groups in total. The zero-order valence-electron chi connectivity index (χ0n) is 18.5. The Labute approximate surface area is 185 Å². The highest BCUT2D eigenvalue weighted by atomic mass is 32.2. The van der Waals surface area contributed by atoms with E-state index in [0.29, 0.717) is 5.75 Å². The molecule has 31 heavy (non-hydrogen) atoms. The molecule has 0 aliphatic rings. The average Bonchev–Trinajstić information content (AvgIpc) is 2.72. The number of carbonyl (C=O) groups excluding carboxylic acids is 5. The van der Waals surface area contributed by atoms with Crippen LogP contribution in [0.3, 0.4) is 0 Å². The number of ether oxygens (including phenoxy) is 3. The van der Waals surface area contributed by atoms with Gasteiger partial charge in [0, 0.05) is 37.6 Å². The van der Waals surface area contributed by atoms with Gasteiger partial charge in [-0.05, 0) is 0 Å². The minimum atomic E-state index is -1.42. The standard InChI is InChI=1S/C19H32N2O9S/c1-12(22)30-11-19(2,3)16(25)17(26)21-7-6-14(23)20-8-9-31-13(18(27)29-5)10-15(24)28-4/h13,16,25H,6-11H2,1-5H3,(H,20,23)(H,21,26). The quantitative estimate of drug-likeness (QED) is 0.172. The van der Waals surface area contributed by atoms with Crippen LogP contribution in [0.4, 0.5) is 0 Å². The van der Waals surface area contributed by atoms with E-state index in [1.165, 1.54) is 21.1 Å². The molecule has 2 amide bonds. The lowest BCUT2D eigenvalue weighted by molar-refractivity contribution is -0.151. The summed E-state index contributed by atoms with van der Waals surface area (Å²) in [5.41, 5.74) is -0.990. The van der Waals surface area contributed by atoms with Gasteiger partial charge in [-0.3, -0.25) is 24.0 Å². The van der Waals surface area contributed by atoms with Crippen LogP contribution in [0.2, 0.25) is 0 Å². The molecule has 0 aliphatic heterocycles. The van der Waals surface area contributed by atoms with Gasteiger partial charge in [-0.25, -0.2) is 0 Å². The highest BCUT2D eigenvalue weighted by Crippen LogP contribution is 2.21. The van der Waals surface area contributed by atoms with Gasteiger partial charge in [-0.15, -0.1) is 11.8 Å². The van der Waals surface area contributed by atoms with E-state index in [1.54, 1.807) is 13.8 Å². The third kappa shape index (κ3) is 12.2. The monoisotopic (exact) mass is 464 g/mol. The zero-order chi connectivity index (χ0) is 24.0. The van der Waals surface area contributed by atoms with Crippen LogP contribution in [0, 0.1) is 5.41 Å². The predicted molar refractivity (Wildman–Crippen MR) is 112 cm³/mol. The largest absolute Gasteiger partial charge is 0.469 e. The van der Waals surface area contributed by atoms with Gasteiger partial charge >= 0.3 is 17.9 Å². The maximum atomic E-state index is 12.0. The number of amides is 2. The Kier molecular flexibility index (Phi) is 13.5. The first-order valence-electron chi connectivity index (χ1n) is 9.56. The molecular weight excluding hydrogens is 432 g/mol. The number of hydrogen-bond donors (Lipinski definition) is 3. The summed E-state index contributed by atoms with van der Waals surface area (Å²) in [4.78, 5) is 57.8. The van der Waals surface area contributed by atoms with Crippen molar-refractivity contribution in [1.29, 1.82) is 0 Å². The molecule has 0 saturated carbocycles. The Hall–Kier alpha value is -2.34. The Morgan fingerprint density at radius 3 is 2.23 bits per heavy atom. The van der Waals surface area contributed by atoms with E-state index >= 15 is 0 Å². The normalized spacial score (nSPS) is 12.8. The van der Waals surface area contributed by atoms with Crippen LogP contribution in [0.5, 0.6) is 0 Å². The van der Waals surface area contributed by atoms with Crippen molar-refractivity contribution in [3.05, 3.63) is 0 Å². The molecule has 11 nitrogen and oxygen atoms in total. The van der Waals surface area contributed by atoms with Gasteiger partial charge in [-0.2, -0.15) is 0 Å². The zero-order valence-corrected chi connectivity index (χ0v) is 19.3. The van der Waals surface area contributed by atoms with Crippen LogP contribution in [0.25, 0.3) is 0 Å². The van der Waals surface area contributed by atoms with Crippen molar-refractivity contribution in [3.8, 4) is 0 Å². The number of esters is 3. The highest BCUT2D eigenvalue weighted by molar-refractivity contribution is 8.00. The third-order valence-corrected chi connectivity index (χ3v) is 5.28. The number of aliphatic hydroxyl groups is 1. The van der Waals surface area contributed by atoms with Gasteiger partial charge in [0.15, 0.2) is 0 Å². The van der Waals surface area contributed by atoms with Crippen molar-refractivity contribution in [3.63, 3.8) is 0 Å². The maximum absolute atomic E-state index is 12.0. The molecular formula is C19H32N2O9S. The van der Waals surface area contributed by atoms with Crippen molar-refractivity contribution in [2.75, 3.05) is 39.7 Å². The fourth-order valence-electron chi connectivity index (χ4n) is 2.17. The van der Waals surface area contributed by atoms with Crippen LogP contribution < -0.4 is 10.6 Å². The van der Waals surface area contributed by atoms with Crippen molar-refractivity contribution in [2.24, 2.45) is 5.41 Å². The highest BCUT2D eigenvalue weighted by Gasteiger charge is 2.34. The van der Waals surface area contributed by atoms with Gasteiger partial charge in [0.2, 0.25) is 11.8 Å². The molecule has 0 radical (unpaired) electrons. The summed E-state index contributed by atoms with van der Waals surface area (Å²) in [7, 11) is 2.44. The van der Waals surface area contributed by atoms with Crippen LogP contribution in [-0.4, -0.2) is 85.9 Å². The Bertz CT molecular complexity index is 640. The second-order valence-electron chi connectivity index (χ2n) is 7.23. The molecule has 0 heterocycles. The molecule has 0 aromatic rings. The van der Waals surface area contributed by atoms with Gasteiger partial charge in [-0.1, -0.05) is 13.8 Å². The van der Waals surface area contributed by atoms with Crippen LogP contribution in [0.1, 0.15) is 33.6 Å². The molecule has 0 rings (SSSR count). The van der Waals surface area contributed by atoms with Crippen molar-refractivity contribution < 1.29 is 43.3 Å². The summed E-state index contributed by atoms with van der Waals surface area (Å²) in [6, 6.07) is 0. The first-order valence-corrected chi connectivity index (χ1v) is 10.6. The maximum Gasteiger partial charge on any atom is 0.319 e. The van der Waals surface area contributed by atoms with Crippen molar-refractivity contribution in [1.82, 2.24) is 10.6 Å². The summed E-state index contributed by atoms with van der Waals surface area (Å²) in [5, 5.41) is 14.5. The van der Waals surface area contributed by atoms with Crippen molar-refractivity contribution >= 4 is 41.5 Å². The molecule has 2 unspecified atom stereocenters. The van der Waals surface area contributed by atoms with Gasteiger partial charge in [0.1, 0.15) is 11.4 Å². The minimum absolute atomic E-state index is 0.00560. The molecule has 178 valence electrons. The molecule has 0 bridgehead atoms. The summed E-state index contributed by atoms with van der Waals surface area (Å²) in [6.45, 7) is 4.50. The smallest absolute Gasteiger partial charge is 0.319 e. The number of thioether (sulfide) groups is 1. The van der Waals surface area contributed by atoms with Crippen molar-refractivity contribution in [2.45, 2.75) is 45.0 Å². The lowest BCUT2D eigenvalue weighted by Gasteiger charge is -2.28. The minimum Gasteiger partial charge on any atom is -0.469 e. The summed E-state index contributed by atoms with van der Waals surface area (Å²) >= 11 is 1.15. The second-order valence-corrected chi connectivity index (χ2v) is 8.54. The first-order chi connectivity index (χ1) is 14.4. The second kappa shape index (κ2) is 14.6. The number of hydrogen-bond acceptors (Lipinski definition) is 10. The van der Waals surface area contributed by atoms with Crippen LogP contribution >= 0.6 is 11.8 Å². The fourth-order valence-corrected chi connectivity index (χ4v) is 3.16. The van der Waals surface area contributed by atoms with E-state index in [0.717, 1.165) is 11.8 Å². The molecule has 12 heteroatoms. The van der Waals surface area contributed by atoms with E-state index in [1.807, 2.05) is 0 Å². The van der Waals surface area contributed by atoms with Gasteiger partial charge in [0.05, 0.1) is 27.2 Å². The molecule has 0 aromatic heterocycles. The summed E-state index contributed by atoms with van der Waals surface area (Å²) in [5.74, 6) is -2.27. The topological polar surface area (TPSA) is 157 Å². The van der Waals surface area contributed by atoms with Gasteiger partial charge in [0.25, 0.3) is 0 Å². The summed E-state index contributed by atoms with van der Waals surface area (Å²) in [6.07, 6.45) is -1.57. The van der Waals surface area contributed by atoms with E-state index < -0.39 is 40.6 Å². The van der Waals surface area contributed by atoms with Gasteiger partial charge < -0.3 is 30.0 Å². The lowest BCUT2D eigenvalue weighted by atomic mass is 9.87. The number of carbonyl (C=O) groups is 5. The summed E-state index contributed by atoms with van der Waals surface area (Å²) < 4.78 is 14.0.